The van der Waals surface area contributed by atoms with E-state index < -0.39 is 11.8 Å². The summed E-state index contributed by atoms with van der Waals surface area (Å²) in [5.74, 6) is -1.34. The Morgan fingerprint density at radius 1 is 1.67 bits per heavy atom. The Kier molecular flexibility index (Phi) is 3.69. The lowest BCUT2D eigenvalue weighted by Crippen LogP contribution is -2.08. The standard InChI is InChI=1S/C10H8FNO2S/c1-2-14-10(13)7-3-6(11)4-9(15)8(7)5-12/h3-4,15H,2H2,1H3. The Morgan fingerprint density at radius 3 is 2.87 bits per heavy atom. The molecule has 0 saturated carbocycles. The molecule has 0 atom stereocenters. The Balaban J connectivity index is 3.28. The highest BCUT2D eigenvalue weighted by molar-refractivity contribution is 7.80. The normalized spacial score (nSPS) is 9.47. The van der Waals surface area contributed by atoms with Gasteiger partial charge in [0.25, 0.3) is 0 Å². The number of rotatable bonds is 2. The highest BCUT2D eigenvalue weighted by atomic mass is 32.1. The van der Waals surface area contributed by atoms with Crippen molar-refractivity contribution < 1.29 is 13.9 Å². The SMILES string of the molecule is CCOC(=O)c1cc(F)cc(S)c1C#N. The van der Waals surface area contributed by atoms with E-state index >= 15 is 0 Å². The second-order valence-electron chi connectivity index (χ2n) is 2.68. The summed E-state index contributed by atoms with van der Waals surface area (Å²) in [5.41, 5.74) is -0.0671. The molecular formula is C10H8FNO2S. The number of esters is 1. The van der Waals surface area contributed by atoms with Gasteiger partial charge in [-0.15, -0.1) is 12.6 Å². The Labute approximate surface area is 91.9 Å². The third-order valence-electron chi connectivity index (χ3n) is 1.69. The fourth-order valence-electron chi connectivity index (χ4n) is 1.08. The number of thiol groups is 1. The summed E-state index contributed by atoms with van der Waals surface area (Å²) in [6.07, 6.45) is 0. The molecule has 0 unspecified atom stereocenters. The third kappa shape index (κ3) is 2.48. The quantitative estimate of drug-likeness (QED) is 0.619. The van der Waals surface area contributed by atoms with Crippen molar-refractivity contribution in [1.82, 2.24) is 0 Å². The van der Waals surface area contributed by atoms with E-state index in [9.17, 15) is 9.18 Å². The molecule has 0 N–H and O–H groups in total. The molecule has 0 heterocycles. The summed E-state index contributed by atoms with van der Waals surface area (Å²) in [4.78, 5) is 11.5. The van der Waals surface area contributed by atoms with E-state index in [4.69, 9.17) is 5.26 Å². The molecule has 0 radical (unpaired) electrons. The van der Waals surface area contributed by atoms with Crippen LogP contribution in [-0.4, -0.2) is 12.6 Å². The van der Waals surface area contributed by atoms with Crippen LogP contribution in [0.3, 0.4) is 0 Å². The maximum Gasteiger partial charge on any atom is 0.339 e. The fraction of sp³-hybridized carbons (Fsp3) is 0.200. The molecule has 1 aromatic carbocycles. The van der Waals surface area contributed by atoms with Gasteiger partial charge in [-0.1, -0.05) is 0 Å². The first-order valence-corrected chi connectivity index (χ1v) is 4.64. The summed E-state index contributed by atoms with van der Waals surface area (Å²) >= 11 is 3.91. The number of nitrogens with zero attached hydrogens (tertiary/aromatic N) is 1. The molecule has 5 heteroatoms. The van der Waals surface area contributed by atoms with Crippen LogP contribution in [-0.2, 0) is 4.74 Å². The van der Waals surface area contributed by atoms with E-state index in [1.54, 1.807) is 13.0 Å². The van der Waals surface area contributed by atoms with Gasteiger partial charge in [0.1, 0.15) is 11.9 Å². The highest BCUT2D eigenvalue weighted by Gasteiger charge is 2.16. The molecule has 0 bridgehead atoms. The zero-order chi connectivity index (χ0) is 11.4. The Morgan fingerprint density at radius 2 is 2.33 bits per heavy atom. The minimum atomic E-state index is -0.719. The van der Waals surface area contributed by atoms with Gasteiger partial charge in [-0.25, -0.2) is 9.18 Å². The zero-order valence-electron chi connectivity index (χ0n) is 7.95. The molecule has 0 aliphatic heterocycles. The van der Waals surface area contributed by atoms with Gasteiger partial charge in [0.15, 0.2) is 0 Å². The largest absolute Gasteiger partial charge is 0.462 e. The predicted molar refractivity (Wildman–Crippen MR) is 54.3 cm³/mol. The summed E-state index contributed by atoms with van der Waals surface area (Å²) in [7, 11) is 0. The first kappa shape index (κ1) is 11.5. The molecule has 0 saturated heterocycles. The molecule has 0 aliphatic carbocycles. The second kappa shape index (κ2) is 4.80. The average molecular weight is 225 g/mol. The monoisotopic (exact) mass is 225 g/mol. The molecular weight excluding hydrogens is 217 g/mol. The van der Waals surface area contributed by atoms with Gasteiger partial charge in [-0.2, -0.15) is 5.26 Å². The predicted octanol–water partition coefficient (Wildman–Crippen LogP) is 2.16. The number of hydrogen-bond donors (Lipinski definition) is 1. The van der Waals surface area contributed by atoms with Gasteiger partial charge in [-0.05, 0) is 19.1 Å². The van der Waals surface area contributed by atoms with Gasteiger partial charge in [0.05, 0.1) is 17.7 Å². The van der Waals surface area contributed by atoms with Gasteiger partial charge in [0.2, 0.25) is 0 Å². The van der Waals surface area contributed by atoms with E-state index in [0.29, 0.717) is 0 Å². The molecule has 1 rings (SSSR count). The van der Waals surface area contributed by atoms with Crippen LogP contribution >= 0.6 is 12.6 Å². The van der Waals surface area contributed by atoms with Crippen molar-refractivity contribution in [2.75, 3.05) is 6.61 Å². The van der Waals surface area contributed by atoms with Crippen molar-refractivity contribution in [2.24, 2.45) is 0 Å². The number of benzene rings is 1. The van der Waals surface area contributed by atoms with E-state index in [-0.39, 0.29) is 22.6 Å². The third-order valence-corrected chi connectivity index (χ3v) is 2.04. The smallest absolute Gasteiger partial charge is 0.339 e. The van der Waals surface area contributed by atoms with Gasteiger partial charge in [-0.3, -0.25) is 0 Å². The van der Waals surface area contributed by atoms with E-state index in [1.165, 1.54) is 0 Å². The van der Waals surface area contributed by atoms with E-state index in [1.807, 2.05) is 0 Å². The van der Waals surface area contributed by atoms with Crippen molar-refractivity contribution in [1.29, 1.82) is 5.26 Å². The fourth-order valence-corrected chi connectivity index (χ4v) is 1.37. The van der Waals surface area contributed by atoms with Crippen molar-refractivity contribution in [3.8, 4) is 6.07 Å². The summed E-state index contributed by atoms with van der Waals surface area (Å²) in [5, 5.41) is 8.78. The van der Waals surface area contributed by atoms with Crippen molar-refractivity contribution >= 4 is 18.6 Å². The molecule has 1 aromatic rings. The van der Waals surface area contributed by atoms with Gasteiger partial charge < -0.3 is 4.74 Å². The average Bonchev–Trinajstić information content (AvgIpc) is 2.17. The maximum absolute atomic E-state index is 13.0. The van der Waals surface area contributed by atoms with Gasteiger partial charge in [0, 0.05) is 4.90 Å². The van der Waals surface area contributed by atoms with Crippen LogP contribution in [0, 0.1) is 17.1 Å². The van der Waals surface area contributed by atoms with Crippen molar-refractivity contribution in [3.63, 3.8) is 0 Å². The van der Waals surface area contributed by atoms with Crippen LogP contribution in [0.2, 0.25) is 0 Å². The number of carbonyl (C=O) groups excluding carboxylic acids is 1. The lowest BCUT2D eigenvalue weighted by atomic mass is 10.1. The number of carbonyl (C=O) groups is 1. The van der Waals surface area contributed by atoms with Crippen LogP contribution in [0.1, 0.15) is 22.8 Å². The molecule has 0 aliphatic rings. The zero-order valence-corrected chi connectivity index (χ0v) is 8.85. The van der Waals surface area contributed by atoms with Crippen LogP contribution < -0.4 is 0 Å². The number of halogens is 1. The maximum atomic E-state index is 13.0. The van der Waals surface area contributed by atoms with E-state index in [2.05, 4.69) is 17.4 Å². The van der Waals surface area contributed by atoms with Crippen LogP contribution in [0.25, 0.3) is 0 Å². The minimum Gasteiger partial charge on any atom is -0.462 e. The second-order valence-corrected chi connectivity index (χ2v) is 3.16. The lowest BCUT2D eigenvalue weighted by Gasteiger charge is -2.05. The summed E-state index contributed by atoms with van der Waals surface area (Å²) < 4.78 is 17.7. The number of hydrogen-bond acceptors (Lipinski definition) is 4. The molecule has 0 aromatic heterocycles. The number of ether oxygens (including phenoxy) is 1. The Hall–Kier alpha value is -1.54. The molecule has 0 fully saturated rings. The molecule has 78 valence electrons. The summed E-state index contributed by atoms with van der Waals surface area (Å²) in [6.45, 7) is 1.80. The Bertz CT molecular complexity index is 440. The van der Waals surface area contributed by atoms with Crippen LogP contribution in [0.4, 0.5) is 4.39 Å². The summed E-state index contributed by atoms with van der Waals surface area (Å²) in [6, 6.07) is 3.83. The topological polar surface area (TPSA) is 50.1 Å². The van der Waals surface area contributed by atoms with Crippen LogP contribution in [0.15, 0.2) is 17.0 Å². The number of nitriles is 1. The molecule has 3 nitrogen and oxygen atoms in total. The van der Waals surface area contributed by atoms with E-state index in [0.717, 1.165) is 12.1 Å². The van der Waals surface area contributed by atoms with Gasteiger partial charge >= 0.3 is 5.97 Å². The first-order valence-electron chi connectivity index (χ1n) is 4.19. The minimum absolute atomic E-state index is 0.0261. The van der Waals surface area contributed by atoms with Crippen LogP contribution in [0.5, 0.6) is 0 Å². The first-order chi connectivity index (χ1) is 7.10. The molecule has 0 amide bonds. The van der Waals surface area contributed by atoms with Crippen molar-refractivity contribution in [3.05, 3.63) is 29.1 Å². The molecule has 0 spiro atoms. The molecule has 15 heavy (non-hydrogen) atoms. The van der Waals surface area contributed by atoms with Crippen molar-refractivity contribution in [2.45, 2.75) is 11.8 Å². The lowest BCUT2D eigenvalue weighted by molar-refractivity contribution is 0.0525. The highest BCUT2D eigenvalue weighted by Crippen LogP contribution is 2.20.